The molecule has 1 aliphatic rings. The average Bonchev–Trinajstić information content (AvgIpc) is 3.18. The molecule has 0 bridgehead atoms. The van der Waals surface area contributed by atoms with Crippen molar-refractivity contribution in [2.75, 3.05) is 11.9 Å². The van der Waals surface area contributed by atoms with Crippen molar-refractivity contribution < 1.29 is 18.7 Å². The molecule has 4 rings (SSSR count). The van der Waals surface area contributed by atoms with Gasteiger partial charge in [0.15, 0.2) is 16.0 Å². The summed E-state index contributed by atoms with van der Waals surface area (Å²) in [5, 5.41) is 2.52. The molecule has 2 aromatic heterocycles. The Bertz CT molecular complexity index is 995. The van der Waals surface area contributed by atoms with E-state index in [1.807, 2.05) is 0 Å². The first kappa shape index (κ1) is 16.9. The molecular weight excluding hydrogens is 383 g/mol. The van der Waals surface area contributed by atoms with Gasteiger partial charge < -0.3 is 9.47 Å². The predicted octanol–water partition coefficient (Wildman–Crippen LogP) is 3.74. The number of rotatable bonds is 3. The molecule has 3 heterocycles. The van der Waals surface area contributed by atoms with Gasteiger partial charge in [0.05, 0.1) is 28.3 Å². The lowest BCUT2D eigenvalue weighted by Crippen LogP contribution is -2.25. The summed E-state index contributed by atoms with van der Waals surface area (Å²) < 4.78 is 26.1. The van der Waals surface area contributed by atoms with E-state index in [9.17, 15) is 9.18 Å². The van der Waals surface area contributed by atoms with Crippen molar-refractivity contribution in [3.63, 3.8) is 0 Å². The highest BCUT2D eigenvalue weighted by Crippen LogP contribution is 2.41. The van der Waals surface area contributed by atoms with Crippen LogP contribution in [0.3, 0.4) is 0 Å². The van der Waals surface area contributed by atoms with Crippen molar-refractivity contribution in [2.24, 2.45) is 0 Å². The second-order valence-corrected chi connectivity index (χ2v) is 7.25. The fraction of sp³-hybridized carbons (Fsp3) is 0.250. The Balaban J connectivity index is 1.41. The summed E-state index contributed by atoms with van der Waals surface area (Å²) >= 11 is 7.19. The Kier molecular flexibility index (Phi) is 4.33. The molecule has 26 heavy (non-hydrogen) atoms. The van der Waals surface area contributed by atoms with E-state index in [0.29, 0.717) is 33.5 Å². The predicted molar refractivity (Wildman–Crippen MR) is 94.4 cm³/mol. The van der Waals surface area contributed by atoms with Crippen LogP contribution >= 0.6 is 22.9 Å². The topological polar surface area (TPSA) is 86.2 Å². The molecule has 1 aromatic carbocycles. The quantitative estimate of drug-likeness (QED) is 0.728. The summed E-state index contributed by atoms with van der Waals surface area (Å²) in [5.41, 5.74) is 1.62. The van der Waals surface area contributed by atoms with Crippen molar-refractivity contribution in [1.29, 1.82) is 0 Å². The lowest BCUT2D eigenvalue weighted by atomic mass is 10.1. The molecule has 10 heteroatoms. The number of benzene rings is 1. The Hall–Kier alpha value is -2.52. The van der Waals surface area contributed by atoms with Crippen LogP contribution in [0.1, 0.15) is 11.4 Å². The first-order valence-electron chi connectivity index (χ1n) is 7.66. The molecule has 0 fully saturated rings. The van der Waals surface area contributed by atoms with Crippen molar-refractivity contribution in [3.8, 4) is 5.75 Å². The Labute approximate surface area is 156 Å². The standard InChI is InChI=1S/C16H12ClFN4O3S/c1-7-19-4-8(5-20-7)21-16(23)24-6-9-2-10-13(25-9)11(18)3-12-14(10)26-15(17)22-12/h3-5,9H,2,6H2,1H3,(H,21,23)/t9-/m1/s1. The summed E-state index contributed by atoms with van der Waals surface area (Å²) in [7, 11) is 0. The smallest absolute Gasteiger partial charge is 0.411 e. The molecule has 0 saturated carbocycles. The van der Waals surface area contributed by atoms with E-state index in [4.69, 9.17) is 21.1 Å². The minimum absolute atomic E-state index is 0.0271. The number of carbonyl (C=O) groups excluding carboxylic acids is 1. The van der Waals surface area contributed by atoms with Gasteiger partial charge in [0.2, 0.25) is 0 Å². The number of hydrogen-bond donors (Lipinski definition) is 1. The zero-order chi connectivity index (χ0) is 18.3. The highest BCUT2D eigenvalue weighted by atomic mass is 35.5. The maximum atomic E-state index is 14.2. The van der Waals surface area contributed by atoms with Crippen molar-refractivity contribution in [3.05, 3.63) is 40.1 Å². The maximum absolute atomic E-state index is 14.2. The second kappa shape index (κ2) is 6.65. The van der Waals surface area contributed by atoms with Crippen LogP contribution in [-0.4, -0.2) is 33.8 Å². The third kappa shape index (κ3) is 3.27. The molecular formula is C16H12ClFN4O3S. The van der Waals surface area contributed by atoms with Gasteiger partial charge >= 0.3 is 6.09 Å². The first-order chi connectivity index (χ1) is 12.5. The molecule has 0 spiro atoms. The van der Waals surface area contributed by atoms with Crippen LogP contribution in [0.5, 0.6) is 5.75 Å². The van der Waals surface area contributed by atoms with Crippen LogP contribution in [0.2, 0.25) is 4.47 Å². The number of fused-ring (bicyclic) bond motifs is 3. The summed E-state index contributed by atoms with van der Waals surface area (Å²) in [6.07, 6.45) is 2.22. The van der Waals surface area contributed by atoms with E-state index >= 15 is 0 Å². The van der Waals surface area contributed by atoms with E-state index in [1.165, 1.54) is 29.8 Å². The zero-order valence-electron chi connectivity index (χ0n) is 13.5. The molecule has 134 valence electrons. The SMILES string of the molecule is Cc1ncc(NC(=O)OC[C@H]2Cc3c(c(F)cc4nc(Cl)sc34)O2)cn1. The molecule has 7 nitrogen and oxygen atoms in total. The van der Waals surface area contributed by atoms with Gasteiger partial charge in [-0.15, -0.1) is 11.3 Å². The van der Waals surface area contributed by atoms with E-state index in [2.05, 4.69) is 20.3 Å². The molecule has 1 amide bonds. The van der Waals surface area contributed by atoms with Gasteiger partial charge in [-0.05, 0) is 6.92 Å². The monoisotopic (exact) mass is 394 g/mol. The Morgan fingerprint density at radius 2 is 2.27 bits per heavy atom. The molecule has 3 aromatic rings. The summed E-state index contributed by atoms with van der Waals surface area (Å²) in [6.45, 7) is 1.71. The Morgan fingerprint density at radius 1 is 1.50 bits per heavy atom. The number of ether oxygens (including phenoxy) is 2. The van der Waals surface area contributed by atoms with Crippen LogP contribution < -0.4 is 10.1 Å². The highest BCUT2D eigenvalue weighted by Gasteiger charge is 2.30. The van der Waals surface area contributed by atoms with E-state index < -0.39 is 18.0 Å². The number of carbonyl (C=O) groups is 1. The van der Waals surface area contributed by atoms with Crippen molar-refractivity contribution in [1.82, 2.24) is 15.0 Å². The lowest BCUT2D eigenvalue weighted by molar-refractivity contribution is 0.100. The fourth-order valence-corrected chi connectivity index (χ4v) is 3.82. The molecule has 1 aliphatic heterocycles. The number of nitrogens with one attached hydrogen (secondary N) is 1. The number of anilines is 1. The molecule has 0 unspecified atom stereocenters. The average molecular weight is 395 g/mol. The van der Waals surface area contributed by atoms with Crippen LogP contribution in [0, 0.1) is 12.7 Å². The van der Waals surface area contributed by atoms with Gasteiger partial charge in [-0.3, -0.25) is 5.32 Å². The van der Waals surface area contributed by atoms with Crippen molar-refractivity contribution >= 4 is 44.9 Å². The van der Waals surface area contributed by atoms with E-state index in [-0.39, 0.29) is 12.4 Å². The van der Waals surface area contributed by atoms with E-state index in [0.717, 1.165) is 4.70 Å². The largest absolute Gasteiger partial charge is 0.483 e. The minimum atomic E-state index is -0.663. The molecule has 1 atom stereocenters. The van der Waals surface area contributed by atoms with Gasteiger partial charge in [-0.1, -0.05) is 11.6 Å². The third-order valence-corrected chi connectivity index (χ3v) is 5.04. The second-order valence-electron chi connectivity index (χ2n) is 5.67. The fourth-order valence-electron chi connectivity index (χ4n) is 2.67. The summed E-state index contributed by atoms with van der Waals surface area (Å²) in [4.78, 5) is 23.9. The van der Waals surface area contributed by atoms with Crippen molar-refractivity contribution in [2.45, 2.75) is 19.4 Å². The number of amides is 1. The van der Waals surface area contributed by atoms with Gasteiger partial charge in [0.25, 0.3) is 0 Å². The molecule has 1 N–H and O–H groups in total. The molecule has 0 aliphatic carbocycles. The number of hydrogen-bond acceptors (Lipinski definition) is 7. The number of thiazole rings is 1. The number of aromatic nitrogens is 3. The third-order valence-electron chi connectivity index (χ3n) is 3.80. The van der Waals surface area contributed by atoms with Crippen LogP contribution in [0.15, 0.2) is 18.5 Å². The van der Waals surface area contributed by atoms with Gasteiger partial charge in [-0.25, -0.2) is 24.1 Å². The number of nitrogens with zero attached hydrogens (tertiary/aromatic N) is 3. The summed E-state index contributed by atoms with van der Waals surface area (Å²) in [6, 6.07) is 1.30. The number of halogens is 2. The highest BCUT2D eigenvalue weighted by molar-refractivity contribution is 7.22. The van der Waals surface area contributed by atoms with Crippen LogP contribution in [0.4, 0.5) is 14.9 Å². The molecule has 0 saturated heterocycles. The first-order valence-corrected chi connectivity index (χ1v) is 8.85. The normalized spacial score (nSPS) is 15.6. The minimum Gasteiger partial charge on any atom is -0.483 e. The van der Waals surface area contributed by atoms with Crippen LogP contribution in [0.25, 0.3) is 10.2 Å². The van der Waals surface area contributed by atoms with Gasteiger partial charge in [0.1, 0.15) is 18.5 Å². The van der Waals surface area contributed by atoms with Gasteiger partial charge in [0, 0.05) is 18.1 Å². The lowest BCUT2D eigenvalue weighted by Gasteiger charge is -2.12. The number of aryl methyl sites for hydroxylation is 1. The van der Waals surface area contributed by atoms with E-state index in [1.54, 1.807) is 6.92 Å². The zero-order valence-corrected chi connectivity index (χ0v) is 15.0. The Morgan fingerprint density at radius 3 is 3.04 bits per heavy atom. The molecule has 0 radical (unpaired) electrons. The summed E-state index contributed by atoms with van der Waals surface area (Å²) in [5.74, 6) is 0.259. The van der Waals surface area contributed by atoms with Crippen LogP contribution in [-0.2, 0) is 11.2 Å². The maximum Gasteiger partial charge on any atom is 0.411 e. The van der Waals surface area contributed by atoms with Gasteiger partial charge in [-0.2, -0.15) is 0 Å².